The van der Waals surface area contributed by atoms with Crippen molar-refractivity contribution in [1.82, 2.24) is 9.21 Å². The zero-order valence-corrected chi connectivity index (χ0v) is 16.4. The molecule has 1 aromatic rings. The van der Waals surface area contributed by atoms with Gasteiger partial charge in [-0.15, -0.1) is 0 Å². The van der Waals surface area contributed by atoms with Gasteiger partial charge in [0.1, 0.15) is 5.60 Å². The van der Waals surface area contributed by atoms with Crippen LogP contribution in [0.5, 0.6) is 0 Å². The summed E-state index contributed by atoms with van der Waals surface area (Å²) >= 11 is 0. The number of hydrogen-bond acceptors (Lipinski definition) is 5. The largest absolute Gasteiger partial charge is 0.444 e. The predicted molar refractivity (Wildman–Crippen MR) is 97.8 cm³/mol. The van der Waals surface area contributed by atoms with Gasteiger partial charge in [0.15, 0.2) is 0 Å². The Morgan fingerprint density at radius 3 is 2.38 bits per heavy atom. The van der Waals surface area contributed by atoms with Gasteiger partial charge in [0.2, 0.25) is 10.0 Å². The van der Waals surface area contributed by atoms with E-state index in [0.717, 1.165) is 0 Å². The summed E-state index contributed by atoms with van der Waals surface area (Å²) in [6.45, 7) is 8.01. The van der Waals surface area contributed by atoms with Gasteiger partial charge >= 0.3 is 6.09 Å². The zero-order valence-electron chi connectivity index (χ0n) is 15.6. The number of benzene rings is 1. The minimum absolute atomic E-state index is 0.129. The van der Waals surface area contributed by atoms with Crippen molar-refractivity contribution in [2.75, 3.05) is 19.6 Å². The number of sulfonamides is 1. The maximum atomic E-state index is 12.8. The van der Waals surface area contributed by atoms with Crippen molar-refractivity contribution >= 4 is 16.1 Å². The Labute approximate surface area is 155 Å². The SMILES string of the molecule is C[C@@H]1CN(C(=O)OC(C)(C)C)CCN1S(=O)(=O)Cc1ccc(C#N)cc1. The third-order valence-electron chi connectivity index (χ3n) is 4.01. The fraction of sp³-hybridized carbons (Fsp3) is 0.556. The number of piperazine rings is 1. The highest BCUT2D eigenvalue weighted by molar-refractivity contribution is 7.88. The Kier molecular flexibility index (Phi) is 5.94. The van der Waals surface area contributed by atoms with Crippen LogP contribution in [0.1, 0.15) is 38.8 Å². The number of nitriles is 1. The molecule has 1 aliphatic heterocycles. The lowest BCUT2D eigenvalue weighted by molar-refractivity contribution is 0.0143. The van der Waals surface area contributed by atoms with Gasteiger partial charge in [0.25, 0.3) is 0 Å². The predicted octanol–water partition coefficient (Wildman–Crippen LogP) is 2.33. The van der Waals surface area contributed by atoms with Crippen molar-refractivity contribution in [3.63, 3.8) is 0 Å². The smallest absolute Gasteiger partial charge is 0.410 e. The number of amides is 1. The average Bonchev–Trinajstić information content (AvgIpc) is 2.53. The van der Waals surface area contributed by atoms with Gasteiger partial charge < -0.3 is 9.64 Å². The summed E-state index contributed by atoms with van der Waals surface area (Å²) in [6.07, 6.45) is -0.423. The Morgan fingerprint density at radius 2 is 1.88 bits per heavy atom. The topological polar surface area (TPSA) is 90.7 Å². The third kappa shape index (κ3) is 5.19. The summed E-state index contributed by atoms with van der Waals surface area (Å²) in [5, 5.41) is 8.82. The molecule has 26 heavy (non-hydrogen) atoms. The Hall–Kier alpha value is -2.11. The summed E-state index contributed by atoms with van der Waals surface area (Å²) in [7, 11) is -3.52. The number of ether oxygens (including phenoxy) is 1. The summed E-state index contributed by atoms with van der Waals surface area (Å²) in [5.74, 6) is -0.129. The second-order valence-electron chi connectivity index (χ2n) is 7.45. The van der Waals surface area contributed by atoms with E-state index < -0.39 is 21.7 Å². The minimum Gasteiger partial charge on any atom is -0.444 e. The molecule has 1 heterocycles. The second-order valence-corrected chi connectivity index (χ2v) is 9.37. The molecule has 1 amide bonds. The Bertz CT molecular complexity index is 791. The molecular weight excluding hydrogens is 354 g/mol. The average molecular weight is 379 g/mol. The molecule has 0 radical (unpaired) electrons. The number of rotatable bonds is 3. The first kappa shape index (κ1) is 20.2. The van der Waals surface area contributed by atoms with Crippen LogP contribution < -0.4 is 0 Å². The van der Waals surface area contributed by atoms with E-state index in [-0.39, 0.29) is 18.3 Å². The van der Waals surface area contributed by atoms with Crippen LogP contribution in [0.2, 0.25) is 0 Å². The van der Waals surface area contributed by atoms with Gasteiger partial charge in [0.05, 0.1) is 17.4 Å². The van der Waals surface area contributed by atoms with Gasteiger partial charge in [-0.3, -0.25) is 0 Å². The highest BCUT2D eigenvalue weighted by atomic mass is 32.2. The number of carbonyl (C=O) groups excluding carboxylic acids is 1. The van der Waals surface area contributed by atoms with Gasteiger partial charge in [-0.05, 0) is 45.4 Å². The van der Waals surface area contributed by atoms with E-state index >= 15 is 0 Å². The van der Waals surface area contributed by atoms with Crippen LogP contribution >= 0.6 is 0 Å². The van der Waals surface area contributed by atoms with Crippen molar-refractivity contribution < 1.29 is 17.9 Å². The van der Waals surface area contributed by atoms with Gasteiger partial charge in [0, 0.05) is 25.7 Å². The third-order valence-corrected chi connectivity index (χ3v) is 5.96. The molecule has 0 unspecified atom stereocenters. The first-order valence-corrected chi connectivity index (χ1v) is 10.1. The van der Waals surface area contributed by atoms with Crippen LogP contribution in [0, 0.1) is 11.3 Å². The standard InChI is InChI=1S/C18H25N3O4S/c1-14-12-20(17(22)25-18(2,3)4)9-10-21(14)26(23,24)13-16-7-5-15(11-19)6-8-16/h5-8,14H,9-10,12-13H2,1-4H3/t14-/m1/s1. The van der Waals surface area contributed by atoms with E-state index in [9.17, 15) is 13.2 Å². The van der Waals surface area contributed by atoms with Crippen molar-refractivity contribution in [3.8, 4) is 6.07 Å². The molecule has 1 fully saturated rings. The molecular formula is C18H25N3O4S. The van der Waals surface area contributed by atoms with E-state index in [2.05, 4.69) is 0 Å². The summed E-state index contributed by atoms with van der Waals surface area (Å²) in [6, 6.07) is 8.19. The molecule has 0 bridgehead atoms. The van der Waals surface area contributed by atoms with Crippen LogP contribution in [-0.2, 0) is 20.5 Å². The molecule has 0 N–H and O–H groups in total. The number of nitrogens with zero attached hydrogens (tertiary/aromatic N) is 3. The van der Waals surface area contributed by atoms with Gasteiger partial charge in [-0.1, -0.05) is 12.1 Å². The Morgan fingerprint density at radius 1 is 1.27 bits per heavy atom. The fourth-order valence-corrected chi connectivity index (χ4v) is 4.57. The summed E-state index contributed by atoms with van der Waals surface area (Å²) < 4.78 is 32.3. The van der Waals surface area contributed by atoms with Crippen molar-refractivity contribution in [3.05, 3.63) is 35.4 Å². The maximum absolute atomic E-state index is 12.8. The van der Waals surface area contributed by atoms with Crippen molar-refractivity contribution in [2.24, 2.45) is 0 Å². The molecule has 0 aromatic heterocycles. The minimum atomic E-state index is -3.52. The van der Waals surface area contributed by atoms with Crippen LogP contribution in [0.25, 0.3) is 0 Å². The first-order valence-electron chi connectivity index (χ1n) is 8.48. The first-order chi connectivity index (χ1) is 12.0. The molecule has 1 atom stereocenters. The molecule has 142 valence electrons. The molecule has 1 aliphatic rings. The van der Waals surface area contributed by atoms with Crippen LogP contribution in [0.4, 0.5) is 4.79 Å². The lowest BCUT2D eigenvalue weighted by atomic mass is 10.2. The molecule has 7 nitrogen and oxygen atoms in total. The van der Waals surface area contributed by atoms with Crippen molar-refractivity contribution in [2.45, 2.75) is 45.1 Å². The number of hydrogen-bond donors (Lipinski definition) is 0. The zero-order chi connectivity index (χ0) is 19.5. The molecule has 1 saturated heterocycles. The monoisotopic (exact) mass is 379 g/mol. The molecule has 1 aromatic carbocycles. The van der Waals surface area contributed by atoms with Crippen LogP contribution in [-0.4, -0.2) is 55.0 Å². The summed E-state index contributed by atoms with van der Waals surface area (Å²) in [5.41, 5.74) is 0.537. The van der Waals surface area contributed by atoms with Gasteiger partial charge in [-0.25, -0.2) is 13.2 Å². The lowest BCUT2D eigenvalue weighted by Gasteiger charge is -2.39. The normalized spacial score (nSPS) is 19.0. The van der Waals surface area contributed by atoms with E-state index in [1.165, 1.54) is 4.31 Å². The van der Waals surface area contributed by atoms with E-state index in [1.807, 2.05) is 6.07 Å². The molecule has 0 spiro atoms. The van der Waals surface area contributed by atoms with E-state index in [4.69, 9.17) is 10.00 Å². The fourth-order valence-electron chi connectivity index (χ4n) is 2.82. The molecule has 8 heteroatoms. The van der Waals surface area contributed by atoms with Crippen molar-refractivity contribution in [1.29, 1.82) is 5.26 Å². The van der Waals surface area contributed by atoms with Crippen LogP contribution in [0.3, 0.4) is 0 Å². The van der Waals surface area contributed by atoms with Crippen LogP contribution in [0.15, 0.2) is 24.3 Å². The van der Waals surface area contributed by atoms with Gasteiger partial charge in [-0.2, -0.15) is 9.57 Å². The Balaban J connectivity index is 2.03. The summed E-state index contributed by atoms with van der Waals surface area (Å²) in [4.78, 5) is 13.7. The molecule has 0 aliphatic carbocycles. The van der Waals surface area contributed by atoms with E-state index in [0.29, 0.717) is 24.2 Å². The second kappa shape index (κ2) is 7.64. The maximum Gasteiger partial charge on any atom is 0.410 e. The molecule has 2 rings (SSSR count). The quantitative estimate of drug-likeness (QED) is 0.804. The lowest BCUT2D eigenvalue weighted by Crippen LogP contribution is -2.56. The highest BCUT2D eigenvalue weighted by Gasteiger charge is 2.35. The molecule has 0 saturated carbocycles. The number of carbonyl (C=O) groups is 1. The highest BCUT2D eigenvalue weighted by Crippen LogP contribution is 2.20. The van der Waals surface area contributed by atoms with E-state index in [1.54, 1.807) is 56.9 Å².